The minimum Gasteiger partial charge on any atom is -0.399 e. The van der Waals surface area contributed by atoms with Gasteiger partial charge < -0.3 is 5.73 Å². The standard InChI is InChI=1S/C8H8NO/c9-8-3-1-7(2-4-8)5-6-10/h1-4H,5,9H2. The highest BCUT2D eigenvalue weighted by molar-refractivity contribution is 5.56. The molecule has 0 aromatic heterocycles. The van der Waals surface area contributed by atoms with E-state index in [1.165, 1.54) is 0 Å². The van der Waals surface area contributed by atoms with Gasteiger partial charge in [-0.25, -0.2) is 0 Å². The van der Waals surface area contributed by atoms with Crippen LogP contribution in [0, 0.1) is 0 Å². The highest BCUT2D eigenvalue weighted by atomic mass is 16.1. The fraction of sp³-hybridized carbons (Fsp3) is 0.125. The molecule has 1 rings (SSSR count). The van der Waals surface area contributed by atoms with Crippen molar-refractivity contribution in [3.05, 3.63) is 29.8 Å². The molecule has 0 spiro atoms. The lowest BCUT2D eigenvalue weighted by Crippen LogP contribution is -1.87. The second-order valence-electron chi connectivity index (χ2n) is 2.06. The van der Waals surface area contributed by atoms with Crippen LogP contribution >= 0.6 is 0 Å². The molecule has 0 aliphatic heterocycles. The molecular formula is C8H8NO. The van der Waals surface area contributed by atoms with E-state index in [2.05, 4.69) is 0 Å². The molecule has 1 aromatic rings. The number of hydrogen-bond acceptors (Lipinski definition) is 2. The third kappa shape index (κ3) is 1.58. The second-order valence-corrected chi connectivity index (χ2v) is 2.06. The minimum absolute atomic E-state index is 0.347. The molecule has 0 atom stereocenters. The molecule has 0 bridgehead atoms. The summed E-state index contributed by atoms with van der Waals surface area (Å²) in [5, 5.41) is 0. The SMILES string of the molecule is Nc1ccc(C[C]=O)cc1. The lowest BCUT2D eigenvalue weighted by atomic mass is 10.1. The second kappa shape index (κ2) is 3.01. The van der Waals surface area contributed by atoms with Gasteiger partial charge in [-0.2, -0.15) is 0 Å². The van der Waals surface area contributed by atoms with Crippen LogP contribution in [0.4, 0.5) is 5.69 Å². The Morgan fingerprint density at radius 3 is 2.40 bits per heavy atom. The van der Waals surface area contributed by atoms with Gasteiger partial charge in [0.2, 0.25) is 6.29 Å². The number of hydrogen-bond donors (Lipinski definition) is 1. The van der Waals surface area contributed by atoms with Crippen LogP contribution in [-0.2, 0) is 11.2 Å². The van der Waals surface area contributed by atoms with Crippen molar-refractivity contribution in [2.45, 2.75) is 6.42 Å². The van der Waals surface area contributed by atoms with Gasteiger partial charge in [-0.1, -0.05) is 12.1 Å². The number of rotatable bonds is 2. The summed E-state index contributed by atoms with van der Waals surface area (Å²) in [7, 11) is 0. The van der Waals surface area contributed by atoms with E-state index in [-0.39, 0.29) is 0 Å². The highest BCUT2D eigenvalue weighted by Gasteiger charge is 1.89. The number of anilines is 1. The molecule has 0 fully saturated rings. The average Bonchev–Trinajstić information content (AvgIpc) is 1.95. The first kappa shape index (κ1) is 6.81. The minimum atomic E-state index is 0.347. The third-order valence-corrected chi connectivity index (χ3v) is 1.26. The lowest BCUT2D eigenvalue weighted by Gasteiger charge is -1.93. The molecule has 0 amide bonds. The largest absolute Gasteiger partial charge is 0.399 e. The van der Waals surface area contributed by atoms with Gasteiger partial charge in [-0.15, -0.1) is 0 Å². The number of carbonyl (C=O) groups excluding carboxylic acids is 1. The topological polar surface area (TPSA) is 43.1 Å². The molecule has 0 saturated heterocycles. The number of nitrogens with two attached hydrogens (primary N) is 1. The Labute approximate surface area is 59.7 Å². The van der Waals surface area contributed by atoms with E-state index in [1.54, 1.807) is 12.1 Å². The summed E-state index contributed by atoms with van der Waals surface area (Å²) in [5.41, 5.74) is 7.09. The van der Waals surface area contributed by atoms with E-state index in [9.17, 15) is 4.79 Å². The van der Waals surface area contributed by atoms with E-state index in [1.807, 2.05) is 18.4 Å². The molecular weight excluding hydrogens is 126 g/mol. The maximum atomic E-state index is 9.90. The predicted octanol–water partition coefficient (Wildman–Crippen LogP) is 0.921. The van der Waals surface area contributed by atoms with Crippen LogP contribution in [0.3, 0.4) is 0 Å². The molecule has 51 valence electrons. The third-order valence-electron chi connectivity index (χ3n) is 1.26. The van der Waals surface area contributed by atoms with Gasteiger partial charge in [0.15, 0.2) is 0 Å². The van der Waals surface area contributed by atoms with Gasteiger partial charge in [0.25, 0.3) is 0 Å². The Kier molecular flexibility index (Phi) is 2.05. The Balaban J connectivity index is 2.78. The van der Waals surface area contributed by atoms with Gasteiger partial charge in [0.05, 0.1) is 0 Å². The van der Waals surface area contributed by atoms with E-state index in [0.29, 0.717) is 6.42 Å². The fourth-order valence-corrected chi connectivity index (χ4v) is 0.719. The first-order chi connectivity index (χ1) is 4.83. The molecule has 10 heavy (non-hydrogen) atoms. The summed E-state index contributed by atoms with van der Waals surface area (Å²) in [6.07, 6.45) is 2.16. The van der Waals surface area contributed by atoms with Crippen molar-refractivity contribution < 1.29 is 4.79 Å². The van der Waals surface area contributed by atoms with Gasteiger partial charge in [0.1, 0.15) is 0 Å². The van der Waals surface area contributed by atoms with Gasteiger partial charge >= 0.3 is 0 Å². The maximum Gasteiger partial charge on any atom is 0.203 e. The summed E-state index contributed by atoms with van der Waals surface area (Å²) >= 11 is 0. The van der Waals surface area contributed by atoms with Crippen LogP contribution in [0.15, 0.2) is 24.3 Å². The van der Waals surface area contributed by atoms with Gasteiger partial charge in [-0.05, 0) is 17.7 Å². The van der Waals surface area contributed by atoms with Crippen LogP contribution < -0.4 is 5.73 Å². The molecule has 2 heteroatoms. The molecule has 1 radical (unpaired) electrons. The Morgan fingerprint density at radius 1 is 1.30 bits per heavy atom. The summed E-state index contributed by atoms with van der Waals surface area (Å²) in [4.78, 5) is 9.90. The van der Waals surface area contributed by atoms with E-state index in [4.69, 9.17) is 5.73 Å². The quantitative estimate of drug-likeness (QED) is 0.611. The number of nitrogen functional groups attached to an aromatic ring is 1. The highest BCUT2D eigenvalue weighted by Crippen LogP contribution is 2.04. The summed E-state index contributed by atoms with van der Waals surface area (Å²) in [5.74, 6) is 0. The molecule has 0 aliphatic carbocycles. The molecule has 1 aromatic carbocycles. The van der Waals surface area contributed by atoms with E-state index in [0.717, 1.165) is 11.3 Å². The van der Waals surface area contributed by atoms with E-state index < -0.39 is 0 Å². The summed E-state index contributed by atoms with van der Waals surface area (Å²) in [6.45, 7) is 0. The van der Waals surface area contributed by atoms with Crippen molar-refractivity contribution in [1.82, 2.24) is 0 Å². The molecule has 0 unspecified atom stereocenters. The van der Waals surface area contributed by atoms with Crippen molar-refractivity contribution in [2.24, 2.45) is 0 Å². The predicted molar refractivity (Wildman–Crippen MR) is 40.3 cm³/mol. The van der Waals surface area contributed by atoms with Crippen molar-refractivity contribution in [3.8, 4) is 0 Å². The summed E-state index contributed by atoms with van der Waals surface area (Å²) in [6, 6.07) is 7.18. The van der Waals surface area contributed by atoms with Crippen LogP contribution in [0.5, 0.6) is 0 Å². The molecule has 0 heterocycles. The molecule has 2 N–H and O–H groups in total. The van der Waals surface area contributed by atoms with Gasteiger partial charge in [0, 0.05) is 12.1 Å². The first-order valence-corrected chi connectivity index (χ1v) is 3.02. The van der Waals surface area contributed by atoms with Crippen molar-refractivity contribution in [1.29, 1.82) is 0 Å². The Hall–Kier alpha value is -1.31. The zero-order chi connectivity index (χ0) is 7.40. The van der Waals surface area contributed by atoms with Crippen LogP contribution in [0.1, 0.15) is 5.56 Å². The zero-order valence-corrected chi connectivity index (χ0v) is 5.50. The number of benzene rings is 1. The average molecular weight is 134 g/mol. The van der Waals surface area contributed by atoms with Crippen LogP contribution in [-0.4, -0.2) is 6.29 Å². The van der Waals surface area contributed by atoms with Crippen molar-refractivity contribution >= 4 is 12.0 Å². The zero-order valence-electron chi connectivity index (χ0n) is 5.50. The van der Waals surface area contributed by atoms with Crippen LogP contribution in [0.2, 0.25) is 0 Å². The Morgan fingerprint density at radius 2 is 1.90 bits per heavy atom. The molecule has 0 saturated carbocycles. The normalized spacial score (nSPS) is 9.20. The Bertz CT molecular complexity index is 215. The lowest BCUT2D eigenvalue weighted by molar-refractivity contribution is 0.555. The summed E-state index contributed by atoms with van der Waals surface area (Å²) < 4.78 is 0. The monoisotopic (exact) mass is 134 g/mol. The van der Waals surface area contributed by atoms with Gasteiger partial charge in [-0.3, -0.25) is 4.79 Å². The first-order valence-electron chi connectivity index (χ1n) is 3.02. The van der Waals surface area contributed by atoms with Crippen molar-refractivity contribution in [3.63, 3.8) is 0 Å². The van der Waals surface area contributed by atoms with Crippen LogP contribution in [0.25, 0.3) is 0 Å². The van der Waals surface area contributed by atoms with Crippen molar-refractivity contribution in [2.75, 3.05) is 5.73 Å². The van der Waals surface area contributed by atoms with E-state index >= 15 is 0 Å². The maximum absolute atomic E-state index is 9.90. The molecule has 0 aliphatic rings. The molecule has 2 nitrogen and oxygen atoms in total. The smallest absolute Gasteiger partial charge is 0.203 e. The fourth-order valence-electron chi connectivity index (χ4n) is 0.719.